The summed E-state index contributed by atoms with van der Waals surface area (Å²) in [6.45, 7) is 1.38. The lowest BCUT2D eigenvalue weighted by atomic mass is 10.3. The molecule has 4 nitrogen and oxygen atoms in total. The zero-order valence-electron chi connectivity index (χ0n) is 9.74. The molecular formula is C10H11F4NO3S. The predicted molar refractivity (Wildman–Crippen MR) is 61.1 cm³/mol. The maximum atomic E-state index is 12.7. The molecule has 0 aliphatic rings. The molecule has 0 unspecified atom stereocenters. The molecule has 0 heterocycles. The number of ether oxygens (including phenoxy) is 1. The Kier molecular flexibility index (Phi) is 4.61. The standard InChI is InChI=1S/C10H11F4NO3S/c1-2-19(16,17)15-7-4-3-5-8(6-7)18-10(13,14)9(11)12/h3-6,9,15H,2H2,1H3. The van der Waals surface area contributed by atoms with Gasteiger partial charge in [0.15, 0.2) is 0 Å². The van der Waals surface area contributed by atoms with Crippen LogP contribution < -0.4 is 9.46 Å². The van der Waals surface area contributed by atoms with E-state index in [2.05, 4.69) is 9.46 Å². The van der Waals surface area contributed by atoms with E-state index in [1.165, 1.54) is 19.1 Å². The van der Waals surface area contributed by atoms with Crippen molar-refractivity contribution < 1.29 is 30.7 Å². The summed E-state index contributed by atoms with van der Waals surface area (Å²) in [5, 5.41) is 0. The molecule has 19 heavy (non-hydrogen) atoms. The Hall–Kier alpha value is -1.51. The number of sulfonamides is 1. The van der Waals surface area contributed by atoms with Crippen LogP contribution in [0.3, 0.4) is 0 Å². The number of alkyl halides is 4. The number of benzene rings is 1. The lowest BCUT2D eigenvalue weighted by molar-refractivity contribution is -0.253. The normalized spacial score (nSPS) is 12.5. The van der Waals surface area contributed by atoms with Crippen molar-refractivity contribution in [2.45, 2.75) is 19.5 Å². The van der Waals surface area contributed by atoms with E-state index >= 15 is 0 Å². The molecule has 0 saturated heterocycles. The first-order chi connectivity index (χ1) is 8.66. The molecule has 0 aliphatic heterocycles. The number of rotatable bonds is 6. The van der Waals surface area contributed by atoms with Crippen molar-refractivity contribution in [2.24, 2.45) is 0 Å². The molecule has 0 saturated carbocycles. The molecule has 0 atom stereocenters. The highest BCUT2D eigenvalue weighted by atomic mass is 32.2. The second kappa shape index (κ2) is 5.64. The van der Waals surface area contributed by atoms with Gasteiger partial charge < -0.3 is 4.74 Å². The molecule has 1 N–H and O–H groups in total. The predicted octanol–water partition coefficient (Wildman–Crippen LogP) is 2.68. The van der Waals surface area contributed by atoms with Gasteiger partial charge in [-0.2, -0.15) is 17.6 Å². The summed E-state index contributed by atoms with van der Waals surface area (Å²) < 4.78 is 77.6. The quantitative estimate of drug-likeness (QED) is 0.822. The summed E-state index contributed by atoms with van der Waals surface area (Å²) in [6, 6.07) is 4.38. The fourth-order valence-electron chi connectivity index (χ4n) is 1.08. The highest BCUT2D eigenvalue weighted by Gasteiger charge is 2.43. The van der Waals surface area contributed by atoms with Crippen molar-refractivity contribution in [3.63, 3.8) is 0 Å². The summed E-state index contributed by atoms with van der Waals surface area (Å²) >= 11 is 0. The van der Waals surface area contributed by atoms with Crippen molar-refractivity contribution in [2.75, 3.05) is 10.5 Å². The number of nitrogens with one attached hydrogen (secondary N) is 1. The van der Waals surface area contributed by atoms with E-state index in [4.69, 9.17) is 0 Å². The van der Waals surface area contributed by atoms with Gasteiger partial charge >= 0.3 is 12.5 Å². The van der Waals surface area contributed by atoms with E-state index in [9.17, 15) is 26.0 Å². The molecule has 0 spiro atoms. The molecule has 0 radical (unpaired) electrons. The van der Waals surface area contributed by atoms with Crippen LogP contribution >= 0.6 is 0 Å². The number of hydrogen-bond acceptors (Lipinski definition) is 3. The van der Waals surface area contributed by atoms with E-state index in [-0.39, 0.29) is 11.4 Å². The molecule has 108 valence electrons. The van der Waals surface area contributed by atoms with Crippen molar-refractivity contribution in [1.29, 1.82) is 0 Å². The summed E-state index contributed by atoms with van der Waals surface area (Å²) in [5.74, 6) is -0.785. The van der Waals surface area contributed by atoms with Crippen LogP contribution in [0, 0.1) is 0 Å². The van der Waals surface area contributed by atoms with Crippen molar-refractivity contribution in [3.05, 3.63) is 24.3 Å². The molecule has 0 bridgehead atoms. The number of halogens is 4. The largest absolute Gasteiger partial charge is 0.461 e. The van der Waals surface area contributed by atoms with E-state index in [1.54, 1.807) is 0 Å². The Labute approximate surface area is 107 Å². The van der Waals surface area contributed by atoms with Gasteiger partial charge in [-0.05, 0) is 19.1 Å². The van der Waals surface area contributed by atoms with E-state index in [0.717, 1.165) is 12.1 Å². The molecule has 9 heteroatoms. The Morgan fingerprint density at radius 1 is 1.37 bits per heavy atom. The van der Waals surface area contributed by atoms with Gasteiger partial charge in [-0.15, -0.1) is 0 Å². The van der Waals surface area contributed by atoms with Gasteiger partial charge in [0.2, 0.25) is 10.0 Å². The monoisotopic (exact) mass is 301 g/mol. The molecule has 0 amide bonds. The lowest BCUT2D eigenvalue weighted by Crippen LogP contribution is -2.33. The Bertz CT molecular complexity index is 533. The highest BCUT2D eigenvalue weighted by Crippen LogP contribution is 2.29. The van der Waals surface area contributed by atoms with Gasteiger partial charge in [0.25, 0.3) is 0 Å². The second-order valence-electron chi connectivity index (χ2n) is 3.50. The molecule has 0 aromatic heterocycles. The Morgan fingerprint density at radius 3 is 2.53 bits per heavy atom. The summed E-state index contributed by atoms with van der Waals surface area (Å²) in [7, 11) is -3.59. The second-order valence-corrected chi connectivity index (χ2v) is 5.51. The zero-order valence-corrected chi connectivity index (χ0v) is 10.6. The third kappa shape index (κ3) is 4.58. The average Bonchev–Trinajstić information content (AvgIpc) is 2.28. The van der Waals surface area contributed by atoms with Crippen LogP contribution in [0.2, 0.25) is 0 Å². The first-order valence-electron chi connectivity index (χ1n) is 5.12. The Balaban J connectivity index is 2.90. The molecule has 1 aromatic rings. The highest BCUT2D eigenvalue weighted by molar-refractivity contribution is 7.92. The van der Waals surface area contributed by atoms with E-state index in [1.807, 2.05) is 0 Å². The summed E-state index contributed by atoms with van der Waals surface area (Å²) in [6.07, 6.45) is -8.62. The topological polar surface area (TPSA) is 55.4 Å². The minimum atomic E-state index is -4.64. The fourth-order valence-corrected chi connectivity index (χ4v) is 1.71. The maximum absolute atomic E-state index is 12.7. The van der Waals surface area contributed by atoms with Gasteiger partial charge in [0.1, 0.15) is 5.75 Å². The SMILES string of the molecule is CCS(=O)(=O)Nc1cccc(OC(F)(F)C(F)F)c1. The van der Waals surface area contributed by atoms with Gasteiger partial charge in [-0.3, -0.25) is 4.72 Å². The van der Waals surface area contributed by atoms with Gasteiger partial charge in [-0.1, -0.05) is 6.07 Å². The summed E-state index contributed by atoms with van der Waals surface area (Å²) in [5.41, 5.74) is -0.0515. The van der Waals surface area contributed by atoms with Crippen LogP contribution in [-0.4, -0.2) is 26.7 Å². The smallest absolute Gasteiger partial charge is 0.428 e. The van der Waals surface area contributed by atoms with Gasteiger partial charge in [0.05, 0.1) is 11.4 Å². The molecule has 1 rings (SSSR count). The van der Waals surface area contributed by atoms with Crippen LogP contribution in [0.15, 0.2) is 24.3 Å². The molecule has 1 aromatic carbocycles. The Morgan fingerprint density at radius 2 is 2.00 bits per heavy atom. The van der Waals surface area contributed by atoms with Gasteiger partial charge in [0, 0.05) is 6.07 Å². The zero-order chi connectivity index (χ0) is 14.7. The van der Waals surface area contributed by atoms with Crippen LogP contribution in [0.25, 0.3) is 0 Å². The van der Waals surface area contributed by atoms with Crippen LogP contribution in [0.1, 0.15) is 6.92 Å². The van der Waals surface area contributed by atoms with E-state index in [0.29, 0.717) is 0 Å². The minimum Gasteiger partial charge on any atom is -0.428 e. The summed E-state index contributed by atoms with van der Waals surface area (Å²) in [4.78, 5) is 0. The molecule has 0 fully saturated rings. The van der Waals surface area contributed by atoms with Crippen molar-refractivity contribution in [1.82, 2.24) is 0 Å². The van der Waals surface area contributed by atoms with E-state index < -0.39 is 28.3 Å². The first kappa shape index (κ1) is 15.5. The number of hydrogen-bond donors (Lipinski definition) is 1. The third-order valence-electron chi connectivity index (χ3n) is 2.00. The average molecular weight is 301 g/mol. The van der Waals surface area contributed by atoms with Crippen molar-refractivity contribution >= 4 is 15.7 Å². The fraction of sp³-hybridized carbons (Fsp3) is 0.400. The minimum absolute atomic E-state index is 0.0515. The lowest BCUT2D eigenvalue weighted by Gasteiger charge is -2.17. The van der Waals surface area contributed by atoms with Gasteiger partial charge in [-0.25, -0.2) is 8.42 Å². The maximum Gasteiger partial charge on any atom is 0.461 e. The molecular weight excluding hydrogens is 290 g/mol. The third-order valence-corrected chi connectivity index (χ3v) is 3.30. The molecule has 0 aliphatic carbocycles. The van der Waals surface area contributed by atoms with Crippen LogP contribution in [-0.2, 0) is 10.0 Å². The van der Waals surface area contributed by atoms with Crippen LogP contribution in [0.5, 0.6) is 5.75 Å². The van der Waals surface area contributed by atoms with Crippen LogP contribution in [0.4, 0.5) is 23.2 Å². The first-order valence-corrected chi connectivity index (χ1v) is 6.77. The van der Waals surface area contributed by atoms with Crippen molar-refractivity contribution in [3.8, 4) is 5.75 Å². The number of anilines is 1.